The first-order valence-corrected chi connectivity index (χ1v) is 7.17. The molecule has 20 heavy (non-hydrogen) atoms. The van der Waals surface area contributed by atoms with Crippen molar-refractivity contribution in [3.8, 4) is 0 Å². The van der Waals surface area contributed by atoms with Crippen LogP contribution in [0.3, 0.4) is 0 Å². The Morgan fingerprint density at radius 2 is 2.15 bits per heavy atom. The van der Waals surface area contributed by atoms with E-state index >= 15 is 0 Å². The molecule has 1 aliphatic heterocycles. The lowest BCUT2D eigenvalue weighted by Crippen LogP contribution is -2.26. The van der Waals surface area contributed by atoms with Crippen molar-refractivity contribution in [3.63, 3.8) is 0 Å². The summed E-state index contributed by atoms with van der Waals surface area (Å²) in [5.74, 6) is 0.882. The van der Waals surface area contributed by atoms with Crippen LogP contribution >= 0.6 is 0 Å². The minimum atomic E-state index is -0.505. The average Bonchev–Trinajstić information content (AvgIpc) is 2.46. The number of benzene rings is 1. The Kier molecular flexibility index (Phi) is 3.45. The molecule has 1 aliphatic rings. The molecule has 0 saturated heterocycles. The zero-order chi connectivity index (χ0) is 14.1. The van der Waals surface area contributed by atoms with Gasteiger partial charge in [0.05, 0.1) is 6.10 Å². The number of aliphatic hydroxyl groups excluding tert-OH is 1. The predicted octanol–water partition coefficient (Wildman–Crippen LogP) is 3.53. The number of anilines is 2. The summed E-state index contributed by atoms with van der Waals surface area (Å²) in [7, 11) is 0. The monoisotopic (exact) mass is 268 g/mol. The van der Waals surface area contributed by atoms with Gasteiger partial charge in [0.1, 0.15) is 5.82 Å². The first-order valence-electron chi connectivity index (χ1n) is 7.17. The number of rotatable bonds is 2. The van der Waals surface area contributed by atoms with E-state index in [1.165, 1.54) is 16.8 Å². The van der Waals surface area contributed by atoms with Crippen molar-refractivity contribution in [2.45, 2.75) is 32.8 Å². The Labute approximate surface area is 119 Å². The summed E-state index contributed by atoms with van der Waals surface area (Å²) in [5, 5.41) is 9.96. The van der Waals surface area contributed by atoms with Gasteiger partial charge in [-0.25, -0.2) is 4.98 Å². The maximum atomic E-state index is 9.96. The summed E-state index contributed by atoms with van der Waals surface area (Å²) in [6.07, 6.45) is 3.52. The van der Waals surface area contributed by atoms with Crippen LogP contribution in [0, 0.1) is 6.92 Å². The van der Waals surface area contributed by atoms with Crippen molar-refractivity contribution in [1.82, 2.24) is 4.98 Å². The molecule has 1 aromatic carbocycles. The average molecular weight is 268 g/mol. The van der Waals surface area contributed by atoms with Gasteiger partial charge in [-0.05, 0) is 44.4 Å². The molecule has 0 bridgehead atoms. The van der Waals surface area contributed by atoms with Crippen LogP contribution < -0.4 is 4.90 Å². The van der Waals surface area contributed by atoms with Gasteiger partial charge >= 0.3 is 0 Å². The van der Waals surface area contributed by atoms with E-state index in [0.717, 1.165) is 30.8 Å². The summed E-state index contributed by atoms with van der Waals surface area (Å²) >= 11 is 0. The third-order valence-corrected chi connectivity index (χ3v) is 3.88. The molecule has 0 spiro atoms. The number of aliphatic hydroxyl groups is 1. The van der Waals surface area contributed by atoms with Crippen LogP contribution in [0.4, 0.5) is 11.5 Å². The topological polar surface area (TPSA) is 36.4 Å². The minimum absolute atomic E-state index is 0.505. The molecular formula is C17H20N2O. The fourth-order valence-corrected chi connectivity index (χ4v) is 2.91. The number of aryl methyl sites for hydroxylation is 2. The number of fused-ring (bicyclic) bond motifs is 1. The lowest BCUT2D eigenvalue weighted by atomic mass is 9.99. The zero-order valence-electron chi connectivity index (χ0n) is 12.0. The van der Waals surface area contributed by atoms with Crippen LogP contribution in [0.1, 0.15) is 36.1 Å². The number of nitrogens with zero attached hydrogens (tertiary/aromatic N) is 2. The maximum Gasteiger partial charge on any atom is 0.138 e. The standard InChI is InChI=1S/C17H20N2O/c1-12-7-8-16-14(11-12)5-4-10-19(16)17-15(13(2)20)6-3-9-18-17/h3,6-9,11,13,20H,4-5,10H2,1-2H3/t13-/m1/s1. The Morgan fingerprint density at radius 3 is 2.95 bits per heavy atom. The fourth-order valence-electron chi connectivity index (χ4n) is 2.91. The fraction of sp³-hybridized carbons (Fsp3) is 0.353. The predicted molar refractivity (Wildman–Crippen MR) is 81.4 cm³/mol. The summed E-state index contributed by atoms with van der Waals surface area (Å²) in [5.41, 5.74) is 4.78. The highest BCUT2D eigenvalue weighted by Gasteiger charge is 2.22. The van der Waals surface area contributed by atoms with Gasteiger partial charge in [0.2, 0.25) is 0 Å². The highest BCUT2D eigenvalue weighted by molar-refractivity contribution is 5.68. The van der Waals surface area contributed by atoms with Crippen molar-refractivity contribution in [2.75, 3.05) is 11.4 Å². The smallest absolute Gasteiger partial charge is 0.138 e. The van der Waals surface area contributed by atoms with E-state index in [4.69, 9.17) is 0 Å². The second kappa shape index (κ2) is 5.25. The van der Waals surface area contributed by atoms with E-state index in [2.05, 4.69) is 35.0 Å². The number of hydrogen-bond donors (Lipinski definition) is 1. The summed E-state index contributed by atoms with van der Waals surface area (Å²) in [6, 6.07) is 10.4. The minimum Gasteiger partial charge on any atom is -0.389 e. The van der Waals surface area contributed by atoms with Gasteiger partial charge in [-0.2, -0.15) is 0 Å². The van der Waals surface area contributed by atoms with Crippen molar-refractivity contribution in [1.29, 1.82) is 0 Å². The van der Waals surface area contributed by atoms with Gasteiger partial charge in [0, 0.05) is 24.0 Å². The molecule has 0 radical (unpaired) electrons. The molecule has 0 saturated carbocycles. The van der Waals surface area contributed by atoms with Gasteiger partial charge in [-0.3, -0.25) is 0 Å². The summed E-state index contributed by atoms with van der Waals surface area (Å²) < 4.78 is 0. The molecule has 2 heterocycles. The maximum absolute atomic E-state index is 9.96. The van der Waals surface area contributed by atoms with E-state index in [9.17, 15) is 5.11 Å². The molecule has 0 aliphatic carbocycles. The van der Waals surface area contributed by atoms with Crippen LogP contribution in [0.5, 0.6) is 0 Å². The molecule has 0 fully saturated rings. The lowest BCUT2D eigenvalue weighted by molar-refractivity contribution is 0.199. The summed E-state index contributed by atoms with van der Waals surface area (Å²) in [6.45, 7) is 4.87. The van der Waals surface area contributed by atoms with Crippen LogP contribution in [-0.4, -0.2) is 16.6 Å². The van der Waals surface area contributed by atoms with E-state index in [1.807, 2.05) is 12.1 Å². The molecule has 0 amide bonds. The third kappa shape index (κ3) is 2.29. The largest absolute Gasteiger partial charge is 0.389 e. The highest BCUT2D eigenvalue weighted by Crippen LogP contribution is 2.36. The molecule has 1 N–H and O–H groups in total. The third-order valence-electron chi connectivity index (χ3n) is 3.88. The molecule has 1 atom stereocenters. The Hall–Kier alpha value is -1.87. The van der Waals surface area contributed by atoms with Crippen molar-refractivity contribution >= 4 is 11.5 Å². The number of hydrogen-bond acceptors (Lipinski definition) is 3. The first kappa shape index (κ1) is 13.1. The first-order chi connectivity index (χ1) is 9.66. The molecule has 3 nitrogen and oxygen atoms in total. The van der Waals surface area contributed by atoms with E-state index in [1.54, 1.807) is 13.1 Å². The van der Waals surface area contributed by atoms with Crippen molar-refractivity contribution in [2.24, 2.45) is 0 Å². The van der Waals surface area contributed by atoms with Gasteiger partial charge in [0.15, 0.2) is 0 Å². The zero-order valence-corrected chi connectivity index (χ0v) is 12.0. The molecule has 0 unspecified atom stereocenters. The molecule has 3 heteroatoms. The normalized spacial score (nSPS) is 15.8. The van der Waals surface area contributed by atoms with Crippen LogP contribution in [0.2, 0.25) is 0 Å². The second-order valence-corrected chi connectivity index (χ2v) is 5.48. The quantitative estimate of drug-likeness (QED) is 0.905. The lowest BCUT2D eigenvalue weighted by Gasteiger charge is -2.32. The van der Waals surface area contributed by atoms with E-state index in [0.29, 0.717) is 0 Å². The second-order valence-electron chi connectivity index (χ2n) is 5.48. The molecule has 1 aromatic heterocycles. The van der Waals surface area contributed by atoms with Gasteiger partial charge < -0.3 is 10.0 Å². The van der Waals surface area contributed by atoms with Crippen molar-refractivity contribution < 1.29 is 5.11 Å². The van der Waals surface area contributed by atoms with Crippen LogP contribution in [-0.2, 0) is 6.42 Å². The number of pyridine rings is 1. The Morgan fingerprint density at radius 1 is 1.30 bits per heavy atom. The van der Waals surface area contributed by atoms with E-state index < -0.39 is 6.10 Å². The van der Waals surface area contributed by atoms with Crippen molar-refractivity contribution in [3.05, 3.63) is 53.2 Å². The highest BCUT2D eigenvalue weighted by atomic mass is 16.3. The molecular weight excluding hydrogens is 248 g/mol. The van der Waals surface area contributed by atoms with Gasteiger partial charge in [-0.15, -0.1) is 0 Å². The van der Waals surface area contributed by atoms with Gasteiger partial charge in [-0.1, -0.05) is 23.8 Å². The number of aromatic nitrogens is 1. The Balaban J connectivity index is 2.09. The molecule has 104 valence electrons. The van der Waals surface area contributed by atoms with Gasteiger partial charge in [0.25, 0.3) is 0 Å². The molecule has 3 rings (SSSR count). The molecule has 2 aromatic rings. The van der Waals surface area contributed by atoms with Crippen LogP contribution in [0.15, 0.2) is 36.5 Å². The Bertz CT molecular complexity index is 622. The SMILES string of the molecule is Cc1ccc2c(c1)CCCN2c1ncccc1[C@@H](C)O. The summed E-state index contributed by atoms with van der Waals surface area (Å²) in [4.78, 5) is 6.75. The van der Waals surface area contributed by atoms with E-state index in [-0.39, 0.29) is 0 Å². The van der Waals surface area contributed by atoms with Crippen LogP contribution in [0.25, 0.3) is 0 Å².